The number of carbonyl (C=O) groups excluding carboxylic acids is 1. The third-order valence-corrected chi connectivity index (χ3v) is 3.22. The number of methoxy groups -OCH3 is 1. The highest BCUT2D eigenvalue weighted by molar-refractivity contribution is 5.89. The number of fused-ring (bicyclic) bond motifs is 1. The molecule has 0 bridgehead atoms. The van der Waals surface area contributed by atoms with Crippen molar-refractivity contribution in [3.63, 3.8) is 0 Å². The van der Waals surface area contributed by atoms with Gasteiger partial charge in [0.05, 0.1) is 18.2 Å². The predicted octanol–water partition coefficient (Wildman–Crippen LogP) is 2.20. The summed E-state index contributed by atoms with van der Waals surface area (Å²) >= 11 is 0. The van der Waals surface area contributed by atoms with Gasteiger partial charge in [-0.25, -0.2) is 4.79 Å². The first-order valence-corrected chi connectivity index (χ1v) is 6.33. The lowest BCUT2D eigenvalue weighted by Gasteiger charge is -2.05. The summed E-state index contributed by atoms with van der Waals surface area (Å²) in [5, 5.41) is 18.2. The summed E-state index contributed by atoms with van der Waals surface area (Å²) in [5.74, 6) is 0.139. The first-order valence-electron chi connectivity index (χ1n) is 6.33. The average molecular weight is 283 g/mol. The first kappa shape index (κ1) is 13.1. The van der Waals surface area contributed by atoms with Gasteiger partial charge in [0.15, 0.2) is 11.5 Å². The molecule has 6 heteroatoms. The van der Waals surface area contributed by atoms with Crippen LogP contribution in [0.2, 0.25) is 0 Å². The summed E-state index contributed by atoms with van der Waals surface area (Å²) in [6, 6.07) is 8.53. The zero-order valence-electron chi connectivity index (χ0n) is 11.6. The summed E-state index contributed by atoms with van der Waals surface area (Å²) in [5.41, 5.74) is 2.52. The van der Waals surface area contributed by atoms with E-state index in [-0.39, 0.29) is 5.75 Å². The summed E-state index contributed by atoms with van der Waals surface area (Å²) < 4.78 is 6.36. The van der Waals surface area contributed by atoms with Gasteiger partial charge in [-0.1, -0.05) is 11.6 Å². The number of hydrogen-bond acceptors (Lipinski definition) is 5. The van der Waals surface area contributed by atoms with E-state index in [1.165, 1.54) is 7.11 Å². The normalized spacial score (nSPS) is 10.8. The Morgan fingerprint density at radius 1 is 1.24 bits per heavy atom. The van der Waals surface area contributed by atoms with E-state index in [1.807, 2.05) is 19.1 Å². The van der Waals surface area contributed by atoms with Crippen molar-refractivity contribution < 1.29 is 14.6 Å². The number of hydrogen-bond donors (Lipinski definition) is 1. The lowest BCUT2D eigenvalue weighted by Crippen LogP contribution is -2.03. The summed E-state index contributed by atoms with van der Waals surface area (Å²) in [4.78, 5) is 11.6. The molecule has 0 aliphatic carbocycles. The van der Waals surface area contributed by atoms with Crippen LogP contribution < -0.4 is 0 Å². The predicted molar refractivity (Wildman–Crippen MR) is 76.2 cm³/mol. The number of pyridine rings is 1. The Balaban J connectivity index is 2.23. The molecule has 1 aromatic carbocycles. The molecular formula is C15H13N3O3. The van der Waals surface area contributed by atoms with Crippen LogP contribution in [0.25, 0.3) is 17.0 Å². The van der Waals surface area contributed by atoms with Crippen LogP contribution in [0.1, 0.15) is 15.9 Å². The van der Waals surface area contributed by atoms with E-state index >= 15 is 0 Å². The zero-order valence-corrected chi connectivity index (χ0v) is 11.6. The molecule has 3 aromatic rings. The zero-order chi connectivity index (χ0) is 15.0. The van der Waals surface area contributed by atoms with E-state index < -0.39 is 5.97 Å². The molecule has 0 spiro atoms. The Labute approximate surface area is 120 Å². The average Bonchev–Trinajstić information content (AvgIpc) is 2.91. The minimum Gasteiger partial charge on any atom is -0.507 e. The van der Waals surface area contributed by atoms with Crippen molar-refractivity contribution in [1.82, 2.24) is 14.6 Å². The number of phenolic OH excluding ortho intramolecular Hbond substituents is 1. The van der Waals surface area contributed by atoms with Gasteiger partial charge in [0.25, 0.3) is 0 Å². The van der Waals surface area contributed by atoms with Crippen molar-refractivity contribution in [3.05, 3.63) is 47.7 Å². The number of carbonyl (C=O) groups is 1. The maximum absolute atomic E-state index is 11.6. The van der Waals surface area contributed by atoms with Gasteiger partial charge in [-0.3, -0.25) is 4.40 Å². The molecule has 0 saturated carbocycles. The molecular weight excluding hydrogens is 270 g/mol. The van der Waals surface area contributed by atoms with Crippen LogP contribution >= 0.6 is 0 Å². The molecule has 1 N–H and O–H groups in total. The largest absolute Gasteiger partial charge is 0.507 e. The number of aromatic nitrogens is 3. The van der Waals surface area contributed by atoms with Crippen LogP contribution in [0.3, 0.4) is 0 Å². The van der Waals surface area contributed by atoms with Crippen molar-refractivity contribution in [2.45, 2.75) is 6.92 Å². The number of phenols is 1. The molecule has 21 heavy (non-hydrogen) atoms. The molecule has 2 heterocycles. The van der Waals surface area contributed by atoms with E-state index in [0.29, 0.717) is 22.6 Å². The first-order chi connectivity index (χ1) is 10.1. The lowest BCUT2D eigenvalue weighted by molar-refractivity contribution is 0.0600. The molecule has 0 fully saturated rings. The van der Waals surface area contributed by atoms with Crippen molar-refractivity contribution in [2.75, 3.05) is 7.11 Å². The topological polar surface area (TPSA) is 76.7 Å². The number of esters is 1. The second-order valence-corrected chi connectivity index (χ2v) is 4.68. The van der Waals surface area contributed by atoms with Gasteiger partial charge in [-0.05, 0) is 31.2 Å². The third-order valence-electron chi connectivity index (χ3n) is 3.22. The highest BCUT2D eigenvalue weighted by Gasteiger charge is 2.14. The smallest absolute Gasteiger partial charge is 0.339 e. The molecule has 0 aliphatic rings. The van der Waals surface area contributed by atoms with Crippen molar-refractivity contribution in [3.8, 4) is 17.1 Å². The Bertz CT molecular complexity index is 839. The van der Waals surface area contributed by atoms with Crippen molar-refractivity contribution >= 4 is 11.6 Å². The van der Waals surface area contributed by atoms with Crippen LogP contribution in [-0.4, -0.2) is 32.8 Å². The number of nitrogens with zero attached hydrogens (tertiary/aromatic N) is 3. The van der Waals surface area contributed by atoms with E-state index in [4.69, 9.17) is 4.74 Å². The van der Waals surface area contributed by atoms with Crippen LogP contribution in [0.4, 0.5) is 0 Å². The molecule has 3 rings (SSSR count). The molecule has 0 unspecified atom stereocenters. The minimum absolute atomic E-state index is 0.110. The second-order valence-electron chi connectivity index (χ2n) is 4.68. The summed E-state index contributed by atoms with van der Waals surface area (Å²) in [6.45, 7) is 1.92. The fourth-order valence-electron chi connectivity index (χ4n) is 2.14. The molecule has 6 nitrogen and oxygen atoms in total. The van der Waals surface area contributed by atoms with E-state index in [2.05, 4.69) is 10.2 Å². The minimum atomic E-state index is -0.440. The van der Waals surface area contributed by atoms with Crippen LogP contribution in [0.15, 0.2) is 36.5 Å². The fraction of sp³-hybridized carbons (Fsp3) is 0.133. The highest BCUT2D eigenvalue weighted by atomic mass is 16.5. The van der Waals surface area contributed by atoms with Crippen LogP contribution in [0.5, 0.6) is 5.75 Å². The van der Waals surface area contributed by atoms with Gasteiger partial charge in [0.2, 0.25) is 0 Å². The number of aromatic hydroxyl groups is 1. The summed E-state index contributed by atoms with van der Waals surface area (Å²) in [7, 11) is 1.33. The Morgan fingerprint density at radius 3 is 2.81 bits per heavy atom. The van der Waals surface area contributed by atoms with Gasteiger partial charge >= 0.3 is 5.97 Å². The van der Waals surface area contributed by atoms with Crippen LogP contribution in [0, 0.1) is 6.92 Å². The van der Waals surface area contributed by atoms with E-state index in [0.717, 1.165) is 5.56 Å². The monoisotopic (exact) mass is 283 g/mol. The standard InChI is InChI=1S/C15H13N3O3/c1-9-3-5-12(19)11(7-9)14-17-16-13-6-4-10(8-18(13)14)15(20)21-2/h3-8,19H,1-2H3. The van der Waals surface area contributed by atoms with Gasteiger partial charge < -0.3 is 9.84 Å². The number of aryl methyl sites for hydroxylation is 1. The lowest BCUT2D eigenvalue weighted by atomic mass is 10.1. The molecule has 2 aromatic heterocycles. The number of ether oxygens (including phenoxy) is 1. The molecule has 106 valence electrons. The van der Waals surface area contributed by atoms with Crippen molar-refractivity contribution in [1.29, 1.82) is 0 Å². The molecule has 0 amide bonds. The Morgan fingerprint density at radius 2 is 2.05 bits per heavy atom. The number of benzene rings is 1. The molecule has 0 saturated heterocycles. The van der Waals surface area contributed by atoms with Crippen molar-refractivity contribution in [2.24, 2.45) is 0 Å². The molecule has 0 atom stereocenters. The van der Waals surface area contributed by atoms with Gasteiger partial charge in [-0.2, -0.15) is 0 Å². The highest BCUT2D eigenvalue weighted by Crippen LogP contribution is 2.29. The van der Waals surface area contributed by atoms with E-state index in [1.54, 1.807) is 28.8 Å². The molecule has 0 aliphatic heterocycles. The second kappa shape index (κ2) is 4.90. The van der Waals surface area contributed by atoms with Gasteiger partial charge in [0.1, 0.15) is 5.75 Å². The van der Waals surface area contributed by atoms with Gasteiger partial charge in [-0.15, -0.1) is 10.2 Å². The quantitative estimate of drug-likeness (QED) is 0.729. The maximum atomic E-state index is 11.6. The van der Waals surface area contributed by atoms with E-state index in [9.17, 15) is 9.90 Å². The Kier molecular flexibility index (Phi) is 3.06. The maximum Gasteiger partial charge on any atom is 0.339 e. The van der Waals surface area contributed by atoms with Gasteiger partial charge in [0, 0.05) is 6.20 Å². The molecule has 0 radical (unpaired) electrons. The summed E-state index contributed by atoms with van der Waals surface area (Å²) in [6.07, 6.45) is 1.60. The third kappa shape index (κ3) is 2.20. The number of rotatable bonds is 2. The van der Waals surface area contributed by atoms with Crippen LogP contribution in [-0.2, 0) is 4.74 Å². The fourth-order valence-corrected chi connectivity index (χ4v) is 2.14. The SMILES string of the molecule is COC(=O)c1ccc2nnc(-c3cc(C)ccc3O)n2c1. The Hall–Kier alpha value is -2.89.